The fourth-order valence-corrected chi connectivity index (χ4v) is 2.40. The number of nitrogens with two attached hydrogens (primary N) is 1. The molecular formula is C8H17N3S. The van der Waals surface area contributed by atoms with Gasteiger partial charge in [-0.15, -0.1) is 0 Å². The fourth-order valence-electron chi connectivity index (χ4n) is 1.36. The molecule has 0 saturated carbocycles. The second kappa shape index (κ2) is 4.60. The van der Waals surface area contributed by atoms with Crippen LogP contribution < -0.4 is 5.73 Å². The van der Waals surface area contributed by atoms with Gasteiger partial charge in [-0.25, -0.2) is 0 Å². The first-order valence-electron chi connectivity index (χ1n) is 4.32. The van der Waals surface area contributed by atoms with Crippen LogP contribution in [0.2, 0.25) is 0 Å². The predicted octanol–water partition coefficient (Wildman–Crippen LogP) is 0.758. The summed E-state index contributed by atoms with van der Waals surface area (Å²) < 4.78 is 0. The van der Waals surface area contributed by atoms with Crippen molar-refractivity contribution in [1.29, 1.82) is 0 Å². The summed E-state index contributed by atoms with van der Waals surface area (Å²) in [4.78, 5) is 6.21. The summed E-state index contributed by atoms with van der Waals surface area (Å²) in [6.45, 7) is 3.25. The molecule has 1 unspecified atom stereocenters. The Kier molecular flexibility index (Phi) is 3.72. The molecule has 0 aliphatic carbocycles. The first-order valence-corrected chi connectivity index (χ1v) is 5.48. The smallest absolute Gasteiger partial charge is 0.191 e. The third-order valence-corrected chi connectivity index (χ3v) is 3.21. The Bertz CT molecular complexity index is 170. The molecule has 0 bridgehead atoms. The average Bonchev–Trinajstić information content (AvgIpc) is 2.28. The largest absolute Gasteiger partial charge is 0.370 e. The van der Waals surface area contributed by atoms with E-state index in [1.165, 1.54) is 17.9 Å². The fraction of sp³-hybridized carbons (Fsp3) is 0.875. The minimum atomic E-state index is 0.545. The highest BCUT2D eigenvalue weighted by molar-refractivity contribution is 7.99. The number of guanidine groups is 1. The lowest BCUT2D eigenvalue weighted by Crippen LogP contribution is -2.43. The Morgan fingerprint density at radius 3 is 3.00 bits per heavy atom. The van der Waals surface area contributed by atoms with Gasteiger partial charge in [0.2, 0.25) is 0 Å². The van der Waals surface area contributed by atoms with E-state index >= 15 is 0 Å². The number of aliphatic imine (C=N–C) groups is 1. The van der Waals surface area contributed by atoms with Gasteiger partial charge in [-0.1, -0.05) is 0 Å². The maximum Gasteiger partial charge on any atom is 0.191 e. The van der Waals surface area contributed by atoms with Crippen molar-refractivity contribution >= 4 is 17.7 Å². The Morgan fingerprint density at radius 1 is 1.58 bits per heavy atom. The molecule has 1 saturated heterocycles. The summed E-state index contributed by atoms with van der Waals surface area (Å²) in [5.74, 6) is 3.10. The first kappa shape index (κ1) is 9.71. The molecule has 0 radical (unpaired) electrons. The lowest BCUT2D eigenvalue weighted by molar-refractivity contribution is 0.342. The third kappa shape index (κ3) is 2.30. The Hall–Kier alpha value is -0.380. The van der Waals surface area contributed by atoms with Crippen LogP contribution in [0.25, 0.3) is 0 Å². The summed E-state index contributed by atoms with van der Waals surface area (Å²) in [5.41, 5.74) is 5.77. The van der Waals surface area contributed by atoms with Crippen molar-refractivity contribution < 1.29 is 0 Å². The van der Waals surface area contributed by atoms with Crippen molar-refractivity contribution in [2.75, 3.05) is 25.1 Å². The van der Waals surface area contributed by atoms with E-state index in [2.05, 4.69) is 16.8 Å². The van der Waals surface area contributed by atoms with Gasteiger partial charge in [0.1, 0.15) is 0 Å². The van der Waals surface area contributed by atoms with E-state index in [9.17, 15) is 0 Å². The highest BCUT2D eigenvalue weighted by atomic mass is 32.2. The maximum absolute atomic E-state index is 5.77. The van der Waals surface area contributed by atoms with E-state index in [-0.39, 0.29) is 0 Å². The van der Waals surface area contributed by atoms with Crippen LogP contribution in [0, 0.1) is 0 Å². The predicted molar refractivity (Wildman–Crippen MR) is 55.7 cm³/mol. The Balaban J connectivity index is 2.59. The number of hydrogen-bond donors (Lipinski definition) is 1. The number of nitrogens with zero attached hydrogens (tertiary/aromatic N) is 2. The van der Waals surface area contributed by atoms with Crippen molar-refractivity contribution in [3.05, 3.63) is 0 Å². The molecule has 0 amide bonds. The van der Waals surface area contributed by atoms with Gasteiger partial charge in [0, 0.05) is 25.4 Å². The standard InChI is InChI=1S/C8H17N3S/c1-7-3-5-12-6-4-11(7)8(9)10-2/h7H,3-6H2,1-2H3,(H2,9,10). The second-order valence-corrected chi connectivity index (χ2v) is 4.25. The van der Waals surface area contributed by atoms with Crippen LogP contribution in [0.15, 0.2) is 4.99 Å². The summed E-state index contributed by atoms with van der Waals surface area (Å²) in [6, 6.07) is 0.545. The molecule has 0 aromatic heterocycles. The van der Waals surface area contributed by atoms with Crippen LogP contribution >= 0.6 is 11.8 Å². The van der Waals surface area contributed by atoms with Gasteiger partial charge in [-0.2, -0.15) is 11.8 Å². The van der Waals surface area contributed by atoms with Crippen LogP contribution in [-0.2, 0) is 0 Å². The second-order valence-electron chi connectivity index (χ2n) is 3.03. The zero-order chi connectivity index (χ0) is 8.97. The van der Waals surface area contributed by atoms with Crippen LogP contribution in [-0.4, -0.2) is 42.0 Å². The van der Waals surface area contributed by atoms with E-state index in [1.807, 2.05) is 11.8 Å². The molecule has 0 spiro atoms. The van der Waals surface area contributed by atoms with Crippen molar-refractivity contribution in [3.8, 4) is 0 Å². The maximum atomic E-state index is 5.77. The van der Waals surface area contributed by atoms with E-state index in [1.54, 1.807) is 7.05 Å². The molecule has 2 N–H and O–H groups in total. The quantitative estimate of drug-likeness (QED) is 0.449. The van der Waals surface area contributed by atoms with Crippen LogP contribution in [0.5, 0.6) is 0 Å². The van der Waals surface area contributed by atoms with E-state index in [0.29, 0.717) is 12.0 Å². The summed E-state index contributed by atoms with van der Waals surface area (Å²) >= 11 is 2.00. The number of rotatable bonds is 0. The van der Waals surface area contributed by atoms with E-state index in [4.69, 9.17) is 5.73 Å². The number of thioether (sulfide) groups is 1. The minimum absolute atomic E-state index is 0.545. The molecule has 4 heteroatoms. The molecule has 3 nitrogen and oxygen atoms in total. The lowest BCUT2D eigenvalue weighted by atomic mass is 10.2. The molecule has 0 aromatic carbocycles. The van der Waals surface area contributed by atoms with Gasteiger partial charge < -0.3 is 10.6 Å². The zero-order valence-electron chi connectivity index (χ0n) is 7.79. The van der Waals surface area contributed by atoms with Gasteiger partial charge >= 0.3 is 0 Å². The van der Waals surface area contributed by atoms with E-state index in [0.717, 1.165) is 6.54 Å². The van der Waals surface area contributed by atoms with Crippen molar-refractivity contribution in [3.63, 3.8) is 0 Å². The molecular weight excluding hydrogens is 170 g/mol. The van der Waals surface area contributed by atoms with Crippen molar-refractivity contribution in [2.45, 2.75) is 19.4 Å². The molecule has 1 heterocycles. The van der Waals surface area contributed by atoms with Gasteiger partial charge in [0.25, 0.3) is 0 Å². The molecule has 1 fully saturated rings. The topological polar surface area (TPSA) is 41.6 Å². The van der Waals surface area contributed by atoms with Gasteiger partial charge in [0.15, 0.2) is 5.96 Å². The van der Waals surface area contributed by atoms with Gasteiger partial charge in [0.05, 0.1) is 0 Å². The van der Waals surface area contributed by atoms with Gasteiger partial charge in [-0.3, -0.25) is 4.99 Å². The normalized spacial score (nSPS) is 27.0. The molecule has 70 valence electrons. The molecule has 1 rings (SSSR count). The Labute approximate surface area is 78.4 Å². The summed E-state index contributed by atoms with van der Waals surface area (Å²) in [6.07, 6.45) is 1.21. The van der Waals surface area contributed by atoms with Crippen molar-refractivity contribution in [2.24, 2.45) is 10.7 Å². The molecule has 0 aromatic rings. The van der Waals surface area contributed by atoms with Gasteiger partial charge in [-0.05, 0) is 19.1 Å². The highest BCUT2D eigenvalue weighted by Crippen LogP contribution is 2.15. The molecule has 1 aliphatic rings. The van der Waals surface area contributed by atoms with E-state index < -0.39 is 0 Å². The van der Waals surface area contributed by atoms with Crippen LogP contribution in [0.1, 0.15) is 13.3 Å². The zero-order valence-corrected chi connectivity index (χ0v) is 8.60. The summed E-state index contributed by atoms with van der Waals surface area (Å²) in [5, 5.41) is 0. The molecule has 1 atom stereocenters. The number of hydrogen-bond acceptors (Lipinski definition) is 2. The lowest BCUT2D eigenvalue weighted by Gasteiger charge is -2.27. The highest BCUT2D eigenvalue weighted by Gasteiger charge is 2.17. The molecule has 12 heavy (non-hydrogen) atoms. The Morgan fingerprint density at radius 2 is 2.33 bits per heavy atom. The third-order valence-electron chi connectivity index (χ3n) is 2.21. The average molecular weight is 187 g/mol. The van der Waals surface area contributed by atoms with Crippen LogP contribution in [0.4, 0.5) is 0 Å². The monoisotopic (exact) mass is 187 g/mol. The van der Waals surface area contributed by atoms with Crippen molar-refractivity contribution in [1.82, 2.24) is 4.90 Å². The minimum Gasteiger partial charge on any atom is -0.370 e. The summed E-state index contributed by atoms with van der Waals surface area (Å²) in [7, 11) is 1.75. The molecule has 1 aliphatic heterocycles. The first-order chi connectivity index (χ1) is 5.75. The SMILES string of the molecule is CN=C(N)N1CCSCCC1C. The van der Waals surface area contributed by atoms with Crippen LogP contribution in [0.3, 0.4) is 0 Å².